The standard InChI is InChI=1S/C21H23Cl2FN2O/c1-12-4-2-6-18(24)20(12)27-21-16-8-13(22)9-17(23)15(16)10-19(21)26-7-3-5-14(25)11-26/h2,4,6,8-9,14,19,21H,3,5,7,10-11,25H2,1H3/t14-,19+,21+/m1/s1. The number of piperidine rings is 1. The lowest BCUT2D eigenvalue weighted by molar-refractivity contribution is 0.0567. The third-order valence-corrected chi connectivity index (χ3v) is 6.19. The highest BCUT2D eigenvalue weighted by Crippen LogP contribution is 2.43. The third kappa shape index (κ3) is 3.68. The van der Waals surface area contributed by atoms with Gasteiger partial charge in [0.1, 0.15) is 6.10 Å². The van der Waals surface area contributed by atoms with Gasteiger partial charge in [-0.3, -0.25) is 4.90 Å². The molecule has 2 aromatic rings. The van der Waals surface area contributed by atoms with E-state index in [0.29, 0.717) is 10.0 Å². The van der Waals surface area contributed by atoms with E-state index in [1.54, 1.807) is 12.1 Å². The van der Waals surface area contributed by atoms with E-state index in [4.69, 9.17) is 33.7 Å². The zero-order valence-corrected chi connectivity index (χ0v) is 16.7. The summed E-state index contributed by atoms with van der Waals surface area (Å²) in [4.78, 5) is 2.36. The van der Waals surface area contributed by atoms with Crippen LogP contribution in [-0.4, -0.2) is 30.1 Å². The summed E-state index contributed by atoms with van der Waals surface area (Å²) in [5, 5.41) is 1.20. The number of ether oxygens (including phenoxy) is 1. The molecule has 0 radical (unpaired) electrons. The predicted molar refractivity (Wildman–Crippen MR) is 107 cm³/mol. The first-order valence-corrected chi connectivity index (χ1v) is 10.1. The van der Waals surface area contributed by atoms with Crippen molar-refractivity contribution in [1.29, 1.82) is 0 Å². The number of likely N-dealkylation sites (tertiary alicyclic amines) is 1. The highest BCUT2D eigenvalue weighted by molar-refractivity contribution is 6.35. The van der Waals surface area contributed by atoms with Crippen molar-refractivity contribution in [2.24, 2.45) is 5.73 Å². The fourth-order valence-corrected chi connectivity index (χ4v) is 4.90. The maximum Gasteiger partial charge on any atom is 0.165 e. The van der Waals surface area contributed by atoms with Crippen molar-refractivity contribution in [3.8, 4) is 5.75 Å². The first kappa shape index (κ1) is 19.0. The lowest BCUT2D eigenvalue weighted by Crippen LogP contribution is -2.49. The van der Waals surface area contributed by atoms with Crippen molar-refractivity contribution >= 4 is 23.2 Å². The molecule has 3 nitrogen and oxygen atoms in total. The molecule has 4 rings (SSSR count). The molecule has 1 fully saturated rings. The first-order valence-electron chi connectivity index (χ1n) is 9.33. The molecule has 0 aromatic heterocycles. The van der Waals surface area contributed by atoms with Gasteiger partial charge in [-0.2, -0.15) is 0 Å². The highest BCUT2D eigenvalue weighted by atomic mass is 35.5. The summed E-state index contributed by atoms with van der Waals surface area (Å²) in [6.07, 6.45) is 2.49. The summed E-state index contributed by atoms with van der Waals surface area (Å²) in [6.45, 7) is 3.61. The first-order chi connectivity index (χ1) is 12.9. The Morgan fingerprint density at radius 3 is 2.81 bits per heavy atom. The summed E-state index contributed by atoms with van der Waals surface area (Å²) in [5.41, 5.74) is 8.95. The normalized spacial score (nSPS) is 25.4. The van der Waals surface area contributed by atoms with Crippen molar-refractivity contribution in [3.63, 3.8) is 0 Å². The van der Waals surface area contributed by atoms with Gasteiger partial charge >= 0.3 is 0 Å². The van der Waals surface area contributed by atoms with Crippen molar-refractivity contribution in [2.75, 3.05) is 13.1 Å². The van der Waals surface area contributed by atoms with Gasteiger partial charge in [-0.15, -0.1) is 0 Å². The van der Waals surface area contributed by atoms with E-state index in [2.05, 4.69) is 4.90 Å². The molecule has 1 aliphatic carbocycles. The number of para-hydroxylation sites is 1. The summed E-state index contributed by atoms with van der Waals surface area (Å²) < 4.78 is 20.8. The van der Waals surface area contributed by atoms with Crippen molar-refractivity contribution < 1.29 is 9.13 Å². The summed E-state index contributed by atoms with van der Waals surface area (Å²) in [6, 6.07) is 8.83. The summed E-state index contributed by atoms with van der Waals surface area (Å²) >= 11 is 12.7. The average molecular weight is 409 g/mol. The van der Waals surface area contributed by atoms with Crippen molar-refractivity contribution in [1.82, 2.24) is 4.90 Å². The topological polar surface area (TPSA) is 38.5 Å². The van der Waals surface area contributed by atoms with Gasteiger partial charge < -0.3 is 10.5 Å². The number of nitrogens with zero attached hydrogens (tertiary/aromatic N) is 1. The molecular weight excluding hydrogens is 386 g/mol. The quantitative estimate of drug-likeness (QED) is 0.783. The fraction of sp³-hybridized carbons (Fsp3) is 0.429. The number of rotatable bonds is 3. The van der Waals surface area contributed by atoms with Gasteiger partial charge in [-0.05, 0) is 62.1 Å². The zero-order chi connectivity index (χ0) is 19.1. The van der Waals surface area contributed by atoms with Gasteiger partial charge in [0, 0.05) is 28.2 Å². The Morgan fingerprint density at radius 1 is 1.26 bits per heavy atom. The molecule has 0 saturated carbocycles. The van der Waals surface area contributed by atoms with Crippen LogP contribution in [0.1, 0.15) is 35.6 Å². The Morgan fingerprint density at radius 2 is 2.07 bits per heavy atom. The smallest absolute Gasteiger partial charge is 0.165 e. The van der Waals surface area contributed by atoms with E-state index < -0.39 is 0 Å². The number of halogens is 3. The predicted octanol–water partition coefficient (Wildman–Crippen LogP) is 4.91. The molecule has 1 aliphatic heterocycles. The van der Waals surface area contributed by atoms with Gasteiger partial charge in [0.15, 0.2) is 11.6 Å². The zero-order valence-electron chi connectivity index (χ0n) is 15.2. The van der Waals surface area contributed by atoms with Crippen LogP contribution in [0.3, 0.4) is 0 Å². The van der Waals surface area contributed by atoms with E-state index in [9.17, 15) is 4.39 Å². The molecular formula is C21H23Cl2FN2O. The Labute approximate surface area is 169 Å². The van der Waals surface area contributed by atoms with Crippen LogP contribution < -0.4 is 10.5 Å². The van der Waals surface area contributed by atoms with Crippen LogP contribution in [-0.2, 0) is 6.42 Å². The molecule has 1 heterocycles. The minimum atomic E-state index is -0.356. The molecule has 0 bridgehead atoms. The van der Waals surface area contributed by atoms with Crippen LogP contribution >= 0.6 is 23.2 Å². The number of benzene rings is 2. The minimum absolute atomic E-state index is 0.0568. The van der Waals surface area contributed by atoms with Gasteiger partial charge in [0.2, 0.25) is 0 Å². The fourth-order valence-electron chi connectivity index (χ4n) is 4.31. The van der Waals surface area contributed by atoms with E-state index in [1.165, 1.54) is 6.07 Å². The minimum Gasteiger partial charge on any atom is -0.481 e. The molecule has 1 saturated heterocycles. The monoisotopic (exact) mass is 408 g/mol. The van der Waals surface area contributed by atoms with Gasteiger partial charge in [0.05, 0.1) is 6.04 Å². The molecule has 2 aliphatic rings. The summed E-state index contributed by atoms with van der Waals surface area (Å²) in [7, 11) is 0. The molecule has 2 aromatic carbocycles. The Bertz CT molecular complexity index is 840. The van der Waals surface area contributed by atoms with Gasteiger partial charge in [-0.1, -0.05) is 35.3 Å². The molecule has 6 heteroatoms. The van der Waals surface area contributed by atoms with Crippen LogP contribution in [0, 0.1) is 12.7 Å². The maximum atomic E-state index is 14.5. The maximum absolute atomic E-state index is 14.5. The van der Waals surface area contributed by atoms with Crippen molar-refractivity contribution in [2.45, 2.75) is 44.4 Å². The number of hydrogen-bond acceptors (Lipinski definition) is 3. The lowest BCUT2D eigenvalue weighted by atomic mass is 10.0. The van der Waals surface area contributed by atoms with Gasteiger partial charge in [-0.25, -0.2) is 4.39 Å². The number of fused-ring (bicyclic) bond motifs is 1. The van der Waals surface area contributed by atoms with Crippen LogP contribution in [0.15, 0.2) is 30.3 Å². The summed E-state index contributed by atoms with van der Waals surface area (Å²) in [5.74, 6) is -0.0663. The number of hydrogen-bond donors (Lipinski definition) is 1. The van der Waals surface area contributed by atoms with Crippen LogP contribution in [0.25, 0.3) is 0 Å². The molecule has 27 heavy (non-hydrogen) atoms. The second-order valence-electron chi connectivity index (χ2n) is 7.55. The van der Waals surface area contributed by atoms with Crippen LogP contribution in [0.2, 0.25) is 10.0 Å². The van der Waals surface area contributed by atoms with Crippen LogP contribution in [0.4, 0.5) is 4.39 Å². The largest absolute Gasteiger partial charge is 0.481 e. The number of nitrogens with two attached hydrogens (primary N) is 1. The molecule has 0 unspecified atom stereocenters. The molecule has 2 N–H and O–H groups in total. The molecule has 3 atom stereocenters. The Balaban J connectivity index is 1.74. The second-order valence-corrected chi connectivity index (χ2v) is 8.39. The highest BCUT2D eigenvalue weighted by Gasteiger charge is 2.41. The molecule has 144 valence electrons. The molecule has 0 spiro atoms. The Hall–Kier alpha value is -1.33. The van der Waals surface area contributed by atoms with E-state index >= 15 is 0 Å². The third-order valence-electron chi connectivity index (χ3n) is 5.63. The lowest BCUT2D eigenvalue weighted by Gasteiger charge is -2.38. The van der Waals surface area contributed by atoms with E-state index in [1.807, 2.05) is 19.1 Å². The molecule has 0 amide bonds. The van der Waals surface area contributed by atoms with Crippen molar-refractivity contribution in [3.05, 3.63) is 62.9 Å². The average Bonchev–Trinajstić information content (AvgIpc) is 2.97. The van der Waals surface area contributed by atoms with E-state index in [-0.39, 0.29) is 29.8 Å². The van der Waals surface area contributed by atoms with Gasteiger partial charge in [0.25, 0.3) is 0 Å². The Kier molecular flexibility index (Phi) is 5.34. The van der Waals surface area contributed by atoms with E-state index in [0.717, 1.165) is 49.0 Å². The SMILES string of the molecule is Cc1cccc(F)c1O[C@H]1c2cc(Cl)cc(Cl)c2C[C@@H]1N1CCC[C@@H](N)C1. The second kappa shape index (κ2) is 7.59. The number of aryl methyl sites for hydroxylation is 1. The van der Waals surface area contributed by atoms with Crippen LogP contribution in [0.5, 0.6) is 5.75 Å².